The molecule has 7 heteroatoms. The maximum atomic E-state index is 13.5. The SMILES string of the molecule is CC(C)C[C@H]1C(=O)CN(CCN2CCCCC2)C(=NC2CCCCC2)N1C(=O)OC(C)(C)C. The Balaban J connectivity index is 1.90. The summed E-state index contributed by atoms with van der Waals surface area (Å²) in [5.74, 6) is 1.05. The molecule has 2 heterocycles. The summed E-state index contributed by atoms with van der Waals surface area (Å²) >= 11 is 0. The number of hydrogen-bond donors (Lipinski definition) is 0. The molecule has 3 fully saturated rings. The zero-order valence-corrected chi connectivity index (χ0v) is 21.6. The van der Waals surface area contributed by atoms with Gasteiger partial charge in [0.1, 0.15) is 11.6 Å². The first kappa shape index (κ1) is 26.0. The van der Waals surface area contributed by atoms with Gasteiger partial charge in [-0.3, -0.25) is 4.79 Å². The number of hydrogen-bond acceptors (Lipinski definition) is 5. The van der Waals surface area contributed by atoms with Gasteiger partial charge in [0.15, 0.2) is 5.78 Å². The van der Waals surface area contributed by atoms with Gasteiger partial charge in [0.2, 0.25) is 5.96 Å². The number of ketones is 1. The number of ether oxygens (including phenoxy) is 1. The number of guanidine groups is 1. The van der Waals surface area contributed by atoms with Crippen molar-refractivity contribution in [1.29, 1.82) is 0 Å². The van der Waals surface area contributed by atoms with Crippen LogP contribution >= 0.6 is 0 Å². The second-order valence-corrected chi connectivity index (χ2v) is 11.5. The van der Waals surface area contributed by atoms with Crippen molar-refractivity contribution in [2.45, 2.75) is 110 Å². The summed E-state index contributed by atoms with van der Waals surface area (Å²) in [5, 5.41) is 0. The molecule has 0 unspecified atom stereocenters. The molecule has 0 aromatic rings. The Labute approximate surface area is 200 Å². The van der Waals surface area contributed by atoms with E-state index in [1.807, 2.05) is 20.8 Å². The van der Waals surface area contributed by atoms with E-state index in [4.69, 9.17) is 9.73 Å². The summed E-state index contributed by atoms with van der Waals surface area (Å²) in [5.41, 5.74) is -0.630. The second kappa shape index (κ2) is 11.7. The fourth-order valence-electron chi connectivity index (χ4n) is 5.14. The number of carbonyl (C=O) groups is 2. The third-order valence-electron chi connectivity index (χ3n) is 6.82. The molecule has 1 atom stereocenters. The van der Waals surface area contributed by atoms with Gasteiger partial charge in [0.05, 0.1) is 12.6 Å². The fraction of sp³-hybridized carbons (Fsp3) is 0.885. The van der Waals surface area contributed by atoms with Gasteiger partial charge in [0, 0.05) is 13.1 Å². The topological polar surface area (TPSA) is 65.5 Å². The Morgan fingerprint density at radius 2 is 1.67 bits per heavy atom. The van der Waals surface area contributed by atoms with Crippen LogP contribution in [-0.4, -0.2) is 82.9 Å². The highest BCUT2D eigenvalue weighted by Gasteiger charge is 2.43. The van der Waals surface area contributed by atoms with Crippen molar-refractivity contribution in [3.8, 4) is 0 Å². The van der Waals surface area contributed by atoms with Gasteiger partial charge in [-0.05, 0) is 71.9 Å². The molecule has 7 nitrogen and oxygen atoms in total. The van der Waals surface area contributed by atoms with Crippen LogP contribution in [0.3, 0.4) is 0 Å². The predicted molar refractivity (Wildman–Crippen MR) is 132 cm³/mol. The van der Waals surface area contributed by atoms with E-state index in [9.17, 15) is 9.59 Å². The van der Waals surface area contributed by atoms with Crippen LogP contribution in [0, 0.1) is 5.92 Å². The maximum absolute atomic E-state index is 13.5. The average Bonchev–Trinajstić information content (AvgIpc) is 2.74. The van der Waals surface area contributed by atoms with Crippen molar-refractivity contribution < 1.29 is 14.3 Å². The molecule has 3 rings (SSSR count). The number of nitrogens with zero attached hydrogens (tertiary/aromatic N) is 4. The molecule has 0 aromatic heterocycles. The number of amides is 1. The predicted octanol–water partition coefficient (Wildman–Crippen LogP) is 4.70. The molecule has 0 spiro atoms. The lowest BCUT2D eigenvalue weighted by atomic mass is 9.95. The van der Waals surface area contributed by atoms with Gasteiger partial charge in [0.25, 0.3) is 0 Å². The molecule has 0 N–H and O–H groups in total. The molecule has 3 aliphatic rings. The van der Waals surface area contributed by atoms with E-state index in [-0.39, 0.29) is 11.8 Å². The smallest absolute Gasteiger partial charge is 0.417 e. The van der Waals surface area contributed by atoms with Crippen LogP contribution in [0.25, 0.3) is 0 Å². The summed E-state index contributed by atoms with van der Waals surface area (Å²) in [7, 11) is 0. The summed E-state index contributed by atoms with van der Waals surface area (Å²) in [6.45, 7) is 14.0. The standard InChI is InChI=1S/C26H46N4O3/c1-20(2)18-22-23(31)19-29(17-16-28-14-10-7-11-15-28)24(27-21-12-8-6-9-13-21)30(22)25(32)33-26(3,4)5/h20-22H,6-19H2,1-5H3/t22-/m0/s1. The Kier molecular flexibility index (Phi) is 9.19. The first-order chi connectivity index (χ1) is 15.6. The van der Waals surface area contributed by atoms with E-state index in [0.717, 1.165) is 32.5 Å². The van der Waals surface area contributed by atoms with Crippen molar-refractivity contribution in [3.05, 3.63) is 0 Å². The van der Waals surface area contributed by atoms with Crippen LogP contribution in [0.4, 0.5) is 4.79 Å². The van der Waals surface area contributed by atoms with Crippen molar-refractivity contribution in [1.82, 2.24) is 14.7 Å². The molecule has 33 heavy (non-hydrogen) atoms. The Morgan fingerprint density at radius 1 is 1.03 bits per heavy atom. The normalized spacial score (nSPS) is 25.2. The number of aliphatic imine (C=N–C) groups is 1. The summed E-state index contributed by atoms with van der Waals surface area (Å²) in [6, 6.07) is -0.294. The quantitative estimate of drug-likeness (QED) is 0.573. The molecule has 0 aromatic carbocycles. The largest absolute Gasteiger partial charge is 0.443 e. The fourth-order valence-corrected chi connectivity index (χ4v) is 5.14. The van der Waals surface area contributed by atoms with Gasteiger partial charge in [-0.25, -0.2) is 14.7 Å². The highest BCUT2D eigenvalue weighted by Crippen LogP contribution is 2.27. The Hall–Kier alpha value is -1.63. The molecular weight excluding hydrogens is 416 g/mol. The first-order valence-corrected chi connectivity index (χ1v) is 13.2. The number of Topliss-reactive ketones (excluding diaryl/α,β-unsaturated/α-hetero) is 1. The van der Waals surface area contributed by atoms with Crippen LogP contribution < -0.4 is 0 Å². The second-order valence-electron chi connectivity index (χ2n) is 11.5. The van der Waals surface area contributed by atoms with Gasteiger partial charge < -0.3 is 14.5 Å². The van der Waals surface area contributed by atoms with Crippen LogP contribution in [0.1, 0.15) is 92.4 Å². The molecule has 188 valence electrons. The van der Waals surface area contributed by atoms with Gasteiger partial charge in [-0.15, -0.1) is 0 Å². The van der Waals surface area contributed by atoms with E-state index >= 15 is 0 Å². The van der Waals surface area contributed by atoms with Crippen molar-refractivity contribution in [2.75, 3.05) is 32.7 Å². The molecule has 1 aliphatic carbocycles. The number of carbonyl (C=O) groups excluding carboxylic acids is 2. The summed E-state index contributed by atoms with van der Waals surface area (Å²) in [6.07, 6.45) is 9.67. The van der Waals surface area contributed by atoms with E-state index < -0.39 is 17.7 Å². The third kappa shape index (κ3) is 7.69. The Morgan fingerprint density at radius 3 is 2.27 bits per heavy atom. The highest BCUT2D eigenvalue weighted by molar-refractivity contribution is 6.05. The van der Waals surface area contributed by atoms with Crippen molar-refractivity contribution in [2.24, 2.45) is 10.9 Å². The van der Waals surface area contributed by atoms with E-state index in [1.54, 1.807) is 4.90 Å². The van der Waals surface area contributed by atoms with Crippen LogP contribution in [0.5, 0.6) is 0 Å². The molecule has 0 bridgehead atoms. The lowest BCUT2D eigenvalue weighted by molar-refractivity contribution is -0.126. The lowest BCUT2D eigenvalue weighted by Crippen LogP contribution is -2.64. The van der Waals surface area contributed by atoms with E-state index in [0.29, 0.717) is 31.4 Å². The molecular formula is C26H46N4O3. The van der Waals surface area contributed by atoms with Crippen molar-refractivity contribution >= 4 is 17.8 Å². The van der Waals surface area contributed by atoms with Crippen LogP contribution in [0.15, 0.2) is 4.99 Å². The number of rotatable bonds is 6. The van der Waals surface area contributed by atoms with E-state index in [2.05, 4.69) is 23.6 Å². The lowest BCUT2D eigenvalue weighted by Gasteiger charge is -2.44. The third-order valence-corrected chi connectivity index (χ3v) is 6.82. The number of likely N-dealkylation sites (tertiary alicyclic amines) is 1. The zero-order chi connectivity index (χ0) is 24.0. The van der Waals surface area contributed by atoms with Gasteiger partial charge in [-0.1, -0.05) is 39.5 Å². The minimum atomic E-state index is -0.630. The van der Waals surface area contributed by atoms with Crippen molar-refractivity contribution in [3.63, 3.8) is 0 Å². The molecule has 1 saturated carbocycles. The minimum Gasteiger partial charge on any atom is -0.443 e. The zero-order valence-electron chi connectivity index (χ0n) is 21.6. The van der Waals surface area contributed by atoms with E-state index in [1.165, 1.54) is 38.5 Å². The Bertz CT molecular complexity index is 688. The highest BCUT2D eigenvalue weighted by atomic mass is 16.6. The molecule has 2 saturated heterocycles. The van der Waals surface area contributed by atoms with Gasteiger partial charge in [-0.2, -0.15) is 0 Å². The van der Waals surface area contributed by atoms with Crippen LogP contribution in [-0.2, 0) is 9.53 Å². The first-order valence-electron chi connectivity index (χ1n) is 13.2. The maximum Gasteiger partial charge on any atom is 0.417 e. The molecule has 1 amide bonds. The number of piperidine rings is 1. The van der Waals surface area contributed by atoms with Crippen LogP contribution in [0.2, 0.25) is 0 Å². The summed E-state index contributed by atoms with van der Waals surface area (Å²) < 4.78 is 5.82. The monoisotopic (exact) mass is 462 g/mol. The minimum absolute atomic E-state index is 0.0933. The van der Waals surface area contributed by atoms with Gasteiger partial charge >= 0.3 is 6.09 Å². The molecule has 2 aliphatic heterocycles. The molecule has 0 radical (unpaired) electrons. The average molecular weight is 463 g/mol. The summed E-state index contributed by atoms with van der Waals surface area (Å²) in [4.78, 5) is 38.2.